The van der Waals surface area contributed by atoms with E-state index in [0.717, 1.165) is 16.3 Å². The first-order valence-electron chi connectivity index (χ1n) is 8.70. The van der Waals surface area contributed by atoms with Gasteiger partial charge in [-0.25, -0.2) is 9.67 Å². The summed E-state index contributed by atoms with van der Waals surface area (Å²) in [7, 11) is 1.35. The van der Waals surface area contributed by atoms with E-state index >= 15 is 0 Å². The molecule has 2 aromatic heterocycles. The second-order valence-electron chi connectivity index (χ2n) is 6.51. The van der Waals surface area contributed by atoms with Gasteiger partial charge in [0, 0.05) is 32.4 Å². The second-order valence-corrected chi connectivity index (χ2v) is 6.51. The van der Waals surface area contributed by atoms with Crippen LogP contribution in [-0.4, -0.2) is 48.3 Å². The normalized spacial score (nSPS) is 13.8. The smallest absolute Gasteiger partial charge is 0.374 e. The summed E-state index contributed by atoms with van der Waals surface area (Å²) in [4.78, 5) is 15.8. The van der Waals surface area contributed by atoms with E-state index < -0.39 is 36.5 Å². The van der Waals surface area contributed by atoms with Crippen LogP contribution in [0.4, 0.5) is 13.2 Å². The molecule has 154 valence electrons. The summed E-state index contributed by atoms with van der Waals surface area (Å²) in [6.45, 7) is -0.0403. The molecule has 3 aromatic rings. The van der Waals surface area contributed by atoms with Crippen molar-refractivity contribution in [2.24, 2.45) is 7.05 Å². The Morgan fingerprint density at radius 1 is 1.24 bits per heavy atom. The van der Waals surface area contributed by atoms with E-state index in [-0.39, 0.29) is 5.69 Å². The first-order chi connectivity index (χ1) is 13.7. The number of imidazole rings is 1. The zero-order valence-electron chi connectivity index (χ0n) is 15.5. The lowest BCUT2D eigenvalue weighted by Gasteiger charge is -2.29. The molecule has 2 N–H and O–H groups in total. The van der Waals surface area contributed by atoms with Crippen molar-refractivity contribution >= 4 is 5.91 Å². The summed E-state index contributed by atoms with van der Waals surface area (Å²) in [6.07, 6.45) is -1.90. The third-order valence-electron chi connectivity index (χ3n) is 4.39. The van der Waals surface area contributed by atoms with Gasteiger partial charge in [-0.15, -0.1) is 5.10 Å². The average Bonchev–Trinajstić information content (AvgIpc) is 3.30. The van der Waals surface area contributed by atoms with Crippen molar-refractivity contribution in [2.75, 3.05) is 6.54 Å². The van der Waals surface area contributed by atoms with E-state index in [4.69, 9.17) is 0 Å². The maximum Gasteiger partial charge on any atom is 0.424 e. The number of nitrogens with zero attached hydrogens (tertiary/aromatic N) is 5. The molecule has 3 rings (SSSR count). The quantitative estimate of drug-likeness (QED) is 0.619. The van der Waals surface area contributed by atoms with Gasteiger partial charge in [0.2, 0.25) is 5.60 Å². The molecule has 0 saturated carbocycles. The number of amides is 1. The molecule has 0 bridgehead atoms. The first kappa shape index (κ1) is 20.5. The Morgan fingerprint density at radius 3 is 2.59 bits per heavy atom. The Morgan fingerprint density at radius 2 is 1.97 bits per heavy atom. The molecule has 2 heterocycles. The van der Waals surface area contributed by atoms with Crippen LogP contribution in [0.3, 0.4) is 0 Å². The number of aliphatic hydroxyl groups is 1. The summed E-state index contributed by atoms with van der Waals surface area (Å²) in [5, 5.41) is 20.2. The zero-order valence-corrected chi connectivity index (χ0v) is 15.5. The van der Waals surface area contributed by atoms with E-state index in [9.17, 15) is 23.1 Å². The van der Waals surface area contributed by atoms with E-state index in [1.165, 1.54) is 24.1 Å². The molecule has 0 saturated heterocycles. The van der Waals surface area contributed by atoms with Gasteiger partial charge in [0.1, 0.15) is 5.82 Å². The molecule has 11 heteroatoms. The molecular weight excluding hydrogens is 389 g/mol. The Balaban J connectivity index is 1.62. The van der Waals surface area contributed by atoms with Crippen molar-refractivity contribution in [2.45, 2.75) is 24.7 Å². The lowest BCUT2D eigenvalue weighted by atomic mass is 9.97. The van der Waals surface area contributed by atoms with Gasteiger partial charge in [0.15, 0.2) is 5.69 Å². The summed E-state index contributed by atoms with van der Waals surface area (Å²) < 4.78 is 42.9. The molecule has 0 aliphatic carbocycles. The van der Waals surface area contributed by atoms with E-state index in [0.29, 0.717) is 6.54 Å². The van der Waals surface area contributed by atoms with Crippen LogP contribution in [0.5, 0.6) is 0 Å². The number of hydrogen-bond acceptors (Lipinski definition) is 5. The van der Waals surface area contributed by atoms with Crippen molar-refractivity contribution in [3.63, 3.8) is 0 Å². The van der Waals surface area contributed by atoms with Crippen molar-refractivity contribution in [3.8, 4) is 0 Å². The van der Waals surface area contributed by atoms with Gasteiger partial charge in [-0.1, -0.05) is 35.5 Å². The van der Waals surface area contributed by atoms with Crippen molar-refractivity contribution in [1.29, 1.82) is 0 Å². The van der Waals surface area contributed by atoms with Crippen LogP contribution in [0.25, 0.3) is 0 Å². The minimum Gasteiger partial charge on any atom is -0.374 e. The highest BCUT2D eigenvalue weighted by Crippen LogP contribution is 2.40. The highest BCUT2D eigenvalue weighted by Gasteiger charge is 2.57. The van der Waals surface area contributed by atoms with Crippen LogP contribution in [0.2, 0.25) is 0 Å². The molecule has 0 fully saturated rings. The second kappa shape index (κ2) is 8.03. The maximum atomic E-state index is 13.5. The number of hydrogen-bond donors (Lipinski definition) is 2. The summed E-state index contributed by atoms with van der Waals surface area (Å²) >= 11 is 0. The van der Waals surface area contributed by atoms with Crippen molar-refractivity contribution in [1.82, 2.24) is 29.9 Å². The number of carbonyl (C=O) groups excluding carboxylic acids is 1. The fraction of sp³-hybridized carbons (Fsp3) is 0.333. The molecule has 1 atom stereocenters. The standard InChI is InChI=1S/C18H19F3N6O2/c1-26-10-9-23-16(26)17(29,18(19,20)21)7-8-22-15(28)14-12-27(25-24-14)11-13-5-3-2-4-6-13/h2-6,9-10,12,29H,7-8,11H2,1H3,(H,22,28). The summed E-state index contributed by atoms with van der Waals surface area (Å²) in [5.41, 5.74) is -2.27. The molecule has 29 heavy (non-hydrogen) atoms. The van der Waals surface area contributed by atoms with E-state index in [1.54, 1.807) is 0 Å². The minimum atomic E-state index is -4.96. The number of benzene rings is 1. The third-order valence-corrected chi connectivity index (χ3v) is 4.39. The predicted octanol–water partition coefficient (Wildman–Crippen LogP) is 1.63. The molecule has 0 aliphatic heterocycles. The molecule has 1 amide bonds. The molecule has 8 nitrogen and oxygen atoms in total. The number of halogens is 3. The minimum absolute atomic E-state index is 0.0338. The SMILES string of the molecule is Cn1ccnc1C(O)(CCNC(=O)c1cn(Cc2ccccc2)nn1)C(F)(F)F. The number of rotatable bonds is 7. The Hall–Kier alpha value is -3.21. The third kappa shape index (κ3) is 4.45. The Bertz CT molecular complexity index is 969. The van der Waals surface area contributed by atoms with Crippen molar-refractivity contribution < 1.29 is 23.1 Å². The van der Waals surface area contributed by atoms with Crippen LogP contribution in [0.1, 0.15) is 28.3 Å². The number of aryl methyl sites for hydroxylation is 1. The maximum absolute atomic E-state index is 13.5. The fourth-order valence-electron chi connectivity index (χ4n) is 2.84. The van der Waals surface area contributed by atoms with Gasteiger partial charge in [-0.05, 0) is 5.56 Å². The Kier molecular flexibility index (Phi) is 5.69. The lowest BCUT2D eigenvalue weighted by molar-refractivity contribution is -0.272. The van der Waals surface area contributed by atoms with Gasteiger partial charge < -0.3 is 15.0 Å². The fourth-order valence-corrected chi connectivity index (χ4v) is 2.84. The van der Waals surface area contributed by atoms with Crippen LogP contribution < -0.4 is 5.32 Å². The van der Waals surface area contributed by atoms with Crippen LogP contribution >= 0.6 is 0 Å². The molecule has 0 aliphatic rings. The van der Waals surface area contributed by atoms with Gasteiger partial charge >= 0.3 is 6.18 Å². The molecule has 1 aromatic carbocycles. The first-order valence-corrected chi connectivity index (χ1v) is 8.70. The molecule has 0 spiro atoms. The highest BCUT2D eigenvalue weighted by molar-refractivity contribution is 5.91. The Labute approximate surface area is 164 Å². The highest BCUT2D eigenvalue weighted by atomic mass is 19.4. The largest absolute Gasteiger partial charge is 0.424 e. The summed E-state index contributed by atoms with van der Waals surface area (Å²) in [5.74, 6) is -1.23. The summed E-state index contributed by atoms with van der Waals surface area (Å²) in [6, 6.07) is 9.37. The zero-order chi connectivity index (χ0) is 21.1. The number of alkyl halides is 3. The van der Waals surface area contributed by atoms with Gasteiger partial charge in [-0.3, -0.25) is 4.79 Å². The molecule has 0 radical (unpaired) electrons. The van der Waals surface area contributed by atoms with Crippen molar-refractivity contribution in [3.05, 3.63) is 66.0 Å². The number of aromatic nitrogens is 5. The average molecular weight is 408 g/mol. The topological polar surface area (TPSA) is 97.9 Å². The monoisotopic (exact) mass is 408 g/mol. The van der Waals surface area contributed by atoms with E-state index in [2.05, 4.69) is 20.6 Å². The van der Waals surface area contributed by atoms with Gasteiger partial charge in [0.05, 0.1) is 12.7 Å². The lowest BCUT2D eigenvalue weighted by Crippen LogP contribution is -2.46. The van der Waals surface area contributed by atoms with Crippen LogP contribution in [0.15, 0.2) is 48.9 Å². The van der Waals surface area contributed by atoms with Gasteiger partial charge in [-0.2, -0.15) is 13.2 Å². The van der Waals surface area contributed by atoms with Gasteiger partial charge in [0.25, 0.3) is 5.91 Å². The molecule has 1 unspecified atom stereocenters. The predicted molar refractivity (Wildman–Crippen MR) is 95.7 cm³/mol. The molecular formula is C18H19F3N6O2. The van der Waals surface area contributed by atoms with Crippen LogP contribution in [0, 0.1) is 0 Å². The van der Waals surface area contributed by atoms with E-state index in [1.807, 2.05) is 30.3 Å². The number of nitrogens with one attached hydrogen (secondary N) is 1. The van der Waals surface area contributed by atoms with Crippen LogP contribution in [-0.2, 0) is 19.2 Å². The number of carbonyl (C=O) groups is 1.